The van der Waals surface area contributed by atoms with Gasteiger partial charge in [-0.3, -0.25) is 4.40 Å². The monoisotopic (exact) mass is 310 g/mol. The number of aromatic carboxylic acids is 1. The molecule has 1 N–H and O–H groups in total. The third-order valence-electron chi connectivity index (χ3n) is 3.54. The van der Waals surface area contributed by atoms with Gasteiger partial charge in [0.05, 0.1) is 18.2 Å². The van der Waals surface area contributed by atoms with E-state index in [0.717, 1.165) is 11.1 Å². The summed E-state index contributed by atoms with van der Waals surface area (Å²) in [5, 5.41) is 9.39. The first kappa shape index (κ1) is 14.8. The molecule has 6 heteroatoms. The summed E-state index contributed by atoms with van der Waals surface area (Å²) in [4.78, 5) is 27.4. The molecule has 0 radical (unpaired) electrons. The fourth-order valence-electron chi connectivity index (χ4n) is 2.47. The summed E-state index contributed by atoms with van der Waals surface area (Å²) in [6.07, 6.45) is 1.62. The van der Waals surface area contributed by atoms with E-state index < -0.39 is 11.9 Å². The van der Waals surface area contributed by atoms with Crippen LogP contribution in [0.15, 0.2) is 42.6 Å². The van der Waals surface area contributed by atoms with Crippen molar-refractivity contribution >= 4 is 17.5 Å². The van der Waals surface area contributed by atoms with Crippen molar-refractivity contribution in [3.05, 3.63) is 59.4 Å². The highest BCUT2D eigenvalue weighted by atomic mass is 16.5. The molecule has 0 saturated heterocycles. The van der Waals surface area contributed by atoms with Crippen LogP contribution >= 0.6 is 0 Å². The molecule has 0 amide bonds. The maximum absolute atomic E-state index is 11.7. The highest BCUT2D eigenvalue weighted by molar-refractivity contribution is 5.97. The van der Waals surface area contributed by atoms with Crippen molar-refractivity contribution in [3.63, 3.8) is 0 Å². The molecule has 0 atom stereocenters. The number of imidazole rings is 1. The number of ether oxygens (including phenoxy) is 1. The second-order valence-corrected chi connectivity index (χ2v) is 5.12. The first-order valence-corrected chi connectivity index (χ1v) is 6.92. The Bertz CT molecular complexity index is 927. The molecule has 0 saturated carbocycles. The highest BCUT2D eigenvalue weighted by Gasteiger charge is 2.19. The lowest BCUT2D eigenvalue weighted by Gasteiger charge is -2.04. The minimum absolute atomic E-state index is 0.104. The van der Waals surface area contributed by atoms with Crippen LogP contribution in [-0.4, -0.2) is 33.5 Å². The van der Waals surface area contributed by atoms with Crippen molar-refractivity contribution in [2.45, 2.75) is 6.92 Å². The summed E-state index contributed by atoms with van der Waals surface area (Å²) in [7, 11) is 1.28. The van der Waals surface area contributed by atoms with Gasteiger partial charge in [0.25, 0.3) is 0 Å². The summed E-state index contributed by atoms with van der Waals surface area (Å²) in [5.74, 6) is -1.16. The maximum Gasteiger partial charge on any atom is 0.356 e. The number of carboxylic acid groups (broad SMARTS) is 1. The van der Waals surface area contributed by atoms with E-state index in [9.17, 15) is 14.7 Å². The van der Waals surface area contributed by atoms with E-state index in [2.05, 4.69) is 9.72 Å². The molecule has 0 spiro atoms. The van der Waals surface area contributed by atoms with Gasteiger partial charge in [0.1, 0.15) is 5.82 Å². The Morgan fingerprint density at radius 3 is 2.65 bits per heavy atom. The van der Waals surface area contributed by atoms with Crippen molar-refractivity contribution in [2.75, 3.05) is 7.11 Å². The summed E-state index contributed by atoms with van der Waals surface area (Å²) >= 11 is 0. The van der Waals surface area contributed by atoms with Gasteiger partial charge in [0, 0.05) is 11.8 Å². The van der Waals surface area contributed by atoms with Crippen LogP contribution < -0.4 is 0 Å². The van der Waals surface area contributed by atoms with Gasteiger partial charge in [0.15, 0.2) is 5.69 Å². The van der Waals surface area contributed by atoms with Gasteiger partial charge in [-0.2, -0.15) is 0 Å². The van der Waals surface area contributed by atoms with Gasteiger partial charge in [-0.1, -0.05) is 23.8 Å². The van der Waals surface area contributed by atoms with Gasteiger partial charge in [0.2, 0.25) is 0 Å². The fraction of sp³-hybridized carbons (Fsp3) is 0.118. The molecule has 3 rings (SSSR count). The van der Waals surface area contributed by atoms with Gasteiger partial charge in [-0.05, 0) is 25.1 Å². The topological polar surface area (TPSA) is 80.9 Å². The van der Waals surface area contributed by atoms with Crippen LogP contribution in [0, 0.1) is 6.92 Å². The molecule has 2 heterocycles. The summed E-state index contributed by atoms with van der Waals surface area (Å²) in [5.41, 5.74) is 2.36. The maximum atomic E-state index is 11.7. The third-order valence-corrected chi connectivity index (χ3v) is 3.54. The molecule has 0 aliphatic heterocycles. The number of hydrogen-bond acceptors (Lipinski definition) is 4. The van der Waals surface area contributed by atoms with E-state index in [1.54, 1.807) is 16.7 Å². The smallest absolute Gasteiger partial charge is 0.356 e. The first-order valence-electron chi connectivity index (χ1n) is 6.92. The molecule has 0 bridgehead atoms. The van der Waals surface area contributed by atoms with Crippen LogP contribution in [0.4, 0.5) is 0 Å². The Kier molecular flexibility index (Phi) is 3.57. The molecule has 6 nitrogen and oxygen atoms in total. The Hall–Kier alpha value is -3.15. The normalized spacial score (nSPS) is 10.7. The van der Waals surface area contributed by atoms with Crippen LogP contribution in [0.5, 0.6) is 0 Å². The lowest BCUT2D eigenvalue weighted by molar-refractivity contribution is 0.0599. The number of fused-ring (bicyclic) bond motifs is 1. The van der Waals surface area contributed by atoms with Crippen molar-refractivity contribution in [1.82, 2.24) is 9.38 Å². The second kappa shape index (κ2) is 5.57. The predicted molar refractivity (Wildman–Crippen MR) is 83.7 cm³/mol. The van der Waals surface area contributed by atoms with Gasteiger partial charge in [-0.15, -0.1) is 0 Å². The summed E-state index contributed by atoms with van der Waals surface area (Å²) < 4.78 is 6.33. The van der Waals surface area contributed by atoms with E-state index in [-0.39, 0.29) is 11.3 Å². The standard InChI is InChI=1S/C17H14N2O4/c1-10-4-3-5-11(8-10)15-18-14(16(20)21)13-9-12(17(22)23-2)6-7-19(13)15/h3-9H,1-2H3,(H,20,21). The Morgan fingerprint density at radius 2 is 2.00 bits per heavy atom. The SMILES string of the molecule is COC(=O)c1ccn2c(-c3cccc(C)c3)nc(C(=O)O)c2c1. The number of aryl methyl sites for hydroxylation is 1. The molecular formula is C17H14N2O4. The number of carbonyl (C=O) groups excluding carboxylic acids is 1. The number of carboxylic acids is 1. The number of rotatable bonds is 3. The zero-order chi connectivity index (χ0) is 16.6. The molecule has 0 fully saturated rings. The summed E-state index contributed by atoms with van der Waals surface area (Å²) in [6.45, 7) is 1.95. The van der Waals surface area contributed by atoms with Crippen LogP contribution in [0.2, 0.25) is 0 Å². The minimum Gasteiger partial charge on any atom is -0.476 e. The second-order valence-electron chi connectivity index (χ2n) is 5.12. The van der Waals surface area contributed by atoms with E-state index >= 15 is 0 Å². The van der Waals surface area contributed by atoms with Crippen molar-refractivity contribution < 1.29 is 19.4 Å². The van der Waals surface area contributed by atoms with Gasteiger partial charge < -0.3 is 9.84 Å². The molecule has 0 unspecified atom stereocenters. The van der Waals surface area contributed by atoms with E-state index in [1.165, 1.54) is 13.2 Å². The number of aromatic nitrogens is 2. The van der Waals surface area contributed by atoms with E-state index in [0.29, 0.717) is 11.3 Å². The van der Waals surface area contributed by atoms with Crippen LogP contribution in [0.1, 0.15) is 26.4 Å². The van der Waals surface area contributed by atoms with Gasteiger partial charge >= 0.3 is 11.9 Å². The fourth-order valence-corrected chi connectivity index (χ4v) is 2.47. The minimum atomic E-state index is -1.15. The van der Waals surface area contributed by atoms with E-state index in [1.807, 2.05) is 31.2 Å². The lowest BCUT2D eigenvalue weighted by atomic mass is 10.1. The largest absolute Gasteiger partial charge is 0.476 e. The number of hydrogen-bond donors (Lipinski definition) is 1. The van der Waals surface area contributed by atoms with Crippen LogP contribution in [0.3, 0.4) is 0 Å². The average Bonchev–Trinajstić information content (AvgIpc) is 2.93. The zero-order valence-corrected chi connectivity index (χ0v) is 12.6. The number of nitrogens with zero attached hydrogens (tertiary/aromatic N) is 2. The first-order chi connectivity index (χ1) is 11.0. The predicted octanol–water partition coefficient (Wildman–Crippen LogP) is 2.79. The molecule has 2 aromatic heterocycles. The molecule has 116 valence electrons. The lowest BCUT2D eigenvalue weighted by Crippen LogP contribution is -2.03. The van der Waals surface area contributed by atoms with Crippen molar-refractivity contribution in [1.29, 1.82) is 0 Å². The molecule has 1 aromatic carbocycles. The van der Waals surface area contributed by atoms with Crippen molar-refractivity contribution in [3.8, 4) is 11.4 Å². The van der Waals surface area contributed by atoms with Crippen molar-refractivity contribution in [2.24, 2.45) is 0 Å². The van der Waals surface area contributed by atoms with E-state index in [4.69, 9.17) is 0 Å². The van der Waals surface area contributed by atoms with Crippen LogP contribution in [-0.2, 0) is 4.74 Å². The quantitative estimate of drug-likeness (QED) is 0.752. The third kappa shape index (κ3) is 2.55. The number of carbonyl (C=O) groups is 2. The highest BCUT2D eigenvalue weighted by Crippen LogP contribution is 2.24. The molecule has 23 heavy (non-hydrogen) atoms. The molecular weight excluding hydrogens is 296 g/mol. The number of benzene rings is 1. The summed E-state index contributed by atoms with van der Waals surface area (Å²) in [6, 6.07) is 10.7. The zero-order valence-electron chi connectivity index (χ0n) is 12.6. The Morgan fingerprint density at radius 1 is 1.22 bits per heavy atom. The molecule has 0 aliphatic rings. The van der Waals surface area contributed by atoms with Gasteiger partial charge in [-0.25, -0.2) is 14.6 Å². The Labute approximate surface area is 132 Å². The number of methoxy groups -OCH3 is 1. The Balaban J connectivity index is 2.28. The number of pyridine rings is 1. The van der Waals surface area contributed by atoms with Crippen LogP contribution in [0.25, 0.3) is 16.9 Å². The number of esters is 1. The average molecular weight is 310 g/mol. The molecule has 0 aliphatic carbocycles. The molecule has 3 aromatic rings.